The van der Waals surface area contributed by atoms with Crippen LogP contribution in [0.15, 0.2) is 40.9 Å². The SMILES string of the molecule is CCOC(=O)c1cc(Oc2cc(Br)ccc2F)ccc1N. The Labute approximate surface area is 129 Å². The Morgan fingerprint density at radius 1 is 1.29 bits per heavy atom. The van der Waals surface area contributed by atoms with E-state index in [9.17, 15) is 9.18 Å². The Hall–Kier alpha value is -2.08. The van der Waals surface area contributed by atoms with Crippen molar-refractivity contribution in [3.63, 3.8) is 0 Å². The molecule has 0 aliphatic carbocycles. The van der Waals surface area contributed by atoms with E-state index in [1.54, 1.807) is 19.1 Å². The molecule has 2 aromatic carbocycles. The Balaban J connectivity index is 2.31. The fourth-order valence-electron chi connectivity index (χ4n) is 1.67. The summed E-state index contributed by atoms with van der Waals surface area (Å²) >= 11 is 3.24. The number of hydrogen-bond donors (Lipinski definition) is 1. The summed E-state index contributed by atoms with van der Waals surface area (Å²) in [6.07, 6.45) is 0. The van der Waals surface area contributed by atoms with Gasteiger partial charge in [-0.1, -0.05) is 15.9 Å². The van der Waals surface area contributed by atoms with E-state index in [2.05, 4.69) is 15.9 Å². The van der Waals surface area contributed by atoms with Gasteiger partial charge in [-0.15, -0.1) is 0 Å². The number of carbonyl (C=O) groups excluding carboxylic acids is 1. The summed E-state index contributed by atoms with van der Waals surface area (Å²) in [5, 5.41) is 0. The zero-order valence-electron chi connectivity index (χ0n) is 11.2. The molecular weight excluding hydrogens is 341 g/mol. The first-order chi connectivity index (χ1) is 10.0. The number of nitrogens with two attached hydrogens (primary N) is 1. The van der Waals surface area contributed by atoms with E-state index in [1.165, 1.54) is 24.3 Å². The molecule has 0 radical (unpaired) electrons. The lowest BCUT2D eigenvalue weighted by molar-refractivity contribution is 0.0527. The maximum Gasteiger partial charge on any atom is 0.340 e. The molecule has 6 heteroatoms. The molecule has 21 heavy (non-hydrogen) atoms. The minimum absolute atomic E-state index is 0.0453. The molecule has 0 amide bonds. The highest BCUT2D eigenvalue weighted by Crippen LogP contribution is 2.29. The largest absolute Gasteiger partial charge is 0.462 e. The molecule has 4 nitrogen and oxygen atoms in total. The van der Waals surface area contributed by atoms with Crippen LogP contribution in [0.3, 0.4) is 0 Å². The van der Waals surface area contributed by atoms with Crippen LogP contribution in [0.2, 0.25) is 0 Å². The van der Waals surface area contributed by atoms with Crippen LogP contribution in [-0.2, 0) is 4.74 Å². The van der Waals surface area contributed by atoms with Crippen molar-refractivity contribution in [3.8, 4) is 11.5 Å². The molecule has 0 atom stereocenters. The first kappa shape index (κ1) is 15.3. The Morgan fingerprint density at radius 2 is 2.05 bits per heavy atom. The number of ether oxygens (including phenoxy) is 2. The molecule has 0 heterocycles. The first-order valence-electron chi connectivity index (χ1n) is 6.20. The van der Waals surface area contributed by atoms with Crippen molar-refractivity contribution in [2.75, 3.05) is 12.3 Å². The van der Waals surface area contributed by atoms with Gasteiger partial charge in [0, 0.05) is 10.2 Å². The molecule has 0 saturated heterocycles. The molecule has 0 fully saturated rings. The molecule has 2 N–H and O–H groups in total. The average molecular weight is 354 g/mol. The van der Waals surface area contributed by atoms with Crippen molar-refractivity contribution < 1.29 is 18.7 Å². The smallest absolute Gasteiger partial charge is 0.340 e. The Morgan fingerprint density at radius 3 is 2.76 bits per heavy atom. The fourth-order valence-corrected chi connectivity index (χ4v) is 2.01. The molecule has 0 aliphatic heterocycles. The van der Waals surface area contributed by atoms with Gasteiger partial charge >= 0.3 is 5.97 Å². The summed E-state index contributed by atoms with van der Waals surface area (Å²) in [6.45, 7) is 1.94. The van der Waals surface area contributed by atoms with Gasteiger partial charge in [-0.25, -0.2) is 9.18 Å². The number of hydrogen-bond acceptors (Lipinski definition) is 4. The van der Waals surface area contributed by atoms with Crippen LogP contribution in [0, 0.1) is 5.82 Å². The standard InChI is InChI=1S/C15H13BrFNO3/c1-2-20-15(19)11-8-10(4-6-13(11)18)21-14-7-9(16)3-5-12(14)17/h3-8H,2,18H2,1H3. The van der Waals surface area contributed by atoms with Gasteiger partial charge in [-0.05, 0) is 43.3 Å². The van der Waals surface area contributed by atoms with Crippen molar-refractivity contribution in [2.24, 2.45) is 0 Å². The highest BCUT2D eigenvalue weighted by molar-refractivity contribution is 9.10. The van der Waals surface area contributed by atoms with Crippen LogP contribution in [0.1, 0.15) is 17.3 Å². The van der Waals surface area contributed by atoms with Gasteiger partial charge in [0.25, 0.3) is 0 Å². The van der Waals surface area contributed by atoms with Gasteiger partial charge < -0.3 is 15.2 Å². The topological polar surface area (TPSA) is 61.5 Å². The highest BCUT2D eigenvalue weighted by Gasteiger charge is 2.13. The second-order valence-corrected chi connectivity index (χ2v) is 5.06. The highest BCUT2D eigenvalue weighted by atomic mass is 79.9. The fraction of sp³-hybridized carbons (Fsp3) is 0.133. The molecule has 0 unspecified atom stereocenters. The molecule has 2 rings (SSSR count). The molecule has 0 aliphatic rings. The van der Waals surface area contributed by atoms with Crippen molar-refractivity contribution in [1.82, 2.24) is 0 Å². The normalized spacial score (nSPS) is 10.2. The van der Waals surface area contributed by atoms with E-state index in [-0.39, 0.29) is 23.6 Å². The third-order valence-electron chi connectivity index (χ3n) is 2.64. The molecule has 2 aromatic rings. The summed E-state index contributed by atoms with van der Waals surface area (Å²) in [5.74, 6) is -0.712. The van der Waals surface area contributed by atoms with Crippen LogP contribution >= 0.6 is 15.9 Å². The lowest BCUT2D eigenvalue weighted by Crippen LogP contribution is -2.08. The van der Waals surface area contributed by atoms with Gasteiger partial charge in [0.05, 0.1) is 12.2 Å². The van der Waals surface area contributed by atoms with Crippen molar-refractivity contribution in [2.45, 2.75) is 6.92 Å². The summed E-state index contributed by atoms with van der Waals surface area (Å²) in [6, 6.07) is 8.83. The number of carbonyl (C=O) groups is 1. The molecular formula is C15H13BrFNO3. The quantitative estimate of drug-likeness (QED) is 0.662. The number of nitrogen functional groups attached to an aromatic ring is 1. The van der Waals surface area contributed by atoms with Crippen molar-refractivity contribution in [3.05, 3.63) is 52.3 Å². The molecule has 110 valence electrons. The Kier molecular flexibility index (Phi) is 4.80. The second-order valence-electron chi connectivity index (χ2n) is 4.15. The van der Waals surface area contributed by atoms with Gasteiger partial charge in [0.2, 0.25) is 0 Å². The number of halogens is 2. The van der Waals surface area contributed by atoms with Crippen LogP contribution in [-0.4, -0.2) is 12.6 Å². The predicted octanol–water partition coefficient (Wildman–Crippen LogP) is 4.14. The van der Waals surface area contributed by atoms with Crippen LogP contribution in [0.25, 0.3) is 0 Å². The van der Waals surface area contributed by atoms with E-state index in [0.717, 1.165) is 0 Å². The summed E-state index contributed by atoms with van der Waals surface area (Å²) in [7, 11) is 0. The van der Waals surface area contributed by atoms with E-state index in [0.29, 0.717) is 10.2 Å². The number of anilines is 1. The van der Waals surface area contributed by atoms with E-state index in [1.807, 2.05) is 0 Å². The Bertz CT molecular complexity index is 676. The monoisotopic (exact) mass is 353 g/mol. The van der Waals surface area contributed by atoms with Crippen LogP contribution < -0.4 is 10.5 Å². The number of benzene rings is 2. The van der Waals surface area contributed by atoms with Crippen LogP contribution in [0.4, 0.5) is 10.1 Å². The van der Waals surface area contributed by atoms with Gasteiger partial charge in [-0.2, -0.15) is 0 Å². The van der Waals surface area contributed by atoms with Gasteiger partial charge in [-0.3, -0.25) is 0 Å². The predicted molar refractivity (Wildman–Crippen MR) is 81.0 cm³/mol. The molecule has 0 aromatic heterocycles. The lowest BCUT2D eigenvalue weighted by atomic mass is 10.1. The minimum Gasteiger partial charge on any atom is -0.462 e. The van der Waals surface area contributed by atoms with E-state index in [4.69, 9.17) is 15.2 Å². The van der Waals surface area contributed by atoms with E-state index < -0.39 is 11.8 Å². The number of esters is 1. The summed E-state index contributed by atoms with van der Waals surface area (Å²) in [4.78, 5) is 11.8. The molecule has 0 saturated carbocycles. The zero-order chi connectivity index (χ0) is 15.4. The molecule has 0 spiro atoms. The first-order valence-corrected chi connectivity index (χ1v) is 7.00. The molecule has 0 bridgehead atoms. The third kappa shape index (κ3) is 3.72. The maximum absolute atomic E-state index is 13.7. The van der Waals surface area contributed by atoms with E-state index >= 15 is 0 Å². The maximum atomic E-state index is 13.7. The van der Waals surface area contributed by atoms with Gasteiger partial charge in [0.1, 0.15) is 5.75 Å². The third-order valence-corrected chi connectivity index (χ3v) is 3.13. The average Bonchev–Trinajstić information content (AvgIpc) is 2.45. The lowest BCUT2D eigenvalue weighted by Gasteiger charge is -2.10. The zero-order valence-corrected chi connectivity index (χ0v) is 12.8. The van der Waals surface area contributed by atoms with Crippen molar-refractivity contribution >= 4 is 27.6 Å². The van der Waals surface area contributed by atoms with Gasteiger partial charge in [0.15, 0.2) is 11.6 Å². The summed E-state index contributed by atoms with van der Waals surface area (Å²) < 4.78 is 24.7. The van der Waals surface area contributed by atoms with Crippen molar-refractivity contribution in [1.29, 1.82) is 0 Å². The summed E-state index contributed by atoms with van der Waals surface area (Å²) in [5.41, 5.74) is 6.19. The minimum atomic E-state index is -0.546. The number of rotatable bonds is 4. The second kappa shape index (κ2) is 6.58. The van der Waals surface area contributed by atoms with Crippen LogP contribution in [0.5, 0.6) is 11.5 Å².